The van der Waals surface area contributed by atoms with Crippen LogP contribution in [0.3, 0.4) is 0 Å². The number of amides is 1. The van der Waals surface area contributed by atoms with Crippen molar-refractivity contribution >= 4 is 11.9 Å². The minimum absolute atomic E-state index is 0.00274. The minimum atomic E-state index is -0.745. The lowest BCUT2D eigenvalue weighted by Gasteiger charge is -2.38. The van der Waals surface area contributed by atoms with Crippen LogP contribution in [0.15, 0.2) is 16.7 Å². The molecule has 0 bridgehead atoms. The van der Waals surface area contributed by atoms with Gasteiger partial charge in [-0.3, -0.25) is 4.79 Å². The van der Waals surface area contributed by atoms with E-state index in [0.717, 1.165) is 38.2 Å². The topological polar surface area (TPSA) is 80.9 Å². The van der Waals surface area contributed by atoms with Crippen molar-refractivity contribution in [3.63, 3.8) is 0 Å². The van der Waals surface area contributed by atoms with Gasteiger partial charge in [-0.15, -0.1) is 0 Å². The number of benzene rings is 1. The summed E-state index contributed by atoms with van der Waals surface area (Å²) in [4.78, 5) is 20.5. The van der Waals surface area contributed by atoms with Crippen molar-refractivity contribution in [3.8, 4) is 5.75 Å². The van der Waals surface area contributed by atoms with Gasteiger partial charge in [0.1, 0.15) is 17.4 Å². The molecule has 2 aliphatic heterocycles. The number of rotatable bonds is 10. The fraction of sp³-hybridized carbons (Fsp3) is 0.667. The van der Waals surface area contributed by atoms with Crippen LogP contribution < -0.4 is 9.64 Å². The van der Waals surface area contributed by atoms with Crippen LogP contribution in [0.2, 0.25) is 0 Å². The smallest absolute Gasteiger partial charge is 0.324 e. The van der Waals surface area contributed by atoms with Crippen LogP contribution in [0.5, 0.6) is 5.75 Å². The van der Waals surface area contributed by atoms with Crippen LogP contribution in [0.1, 0.15) is 56.8 Å². The van der Waals surface area contributed by atoms with Crippen LogP contribution in [-0.2, 0) is 16.0 Å². The van der Waals surface area contributed by atoms with Gasteiger partial charge >= 0.3 is 6.01 Å². The molecule has 0 spiro atoms. The average molecular weight is 519 g/mol. The van der Waals surface area contributed by atoms with Crippen LogP contribution >= 0.6 is 0 Å². The minimum Gasteiger partial charge on any atom is -0.493 e. The fourth-order valence-electron chi connectivity index (χ4n) is 5.50. The van der Waals surface area contributed by atoms with E-state index in [1.165, 1.54) is 18.6 Å². The molecule has 0 N–H and O–H groups in total. The van der Waals surface area contributed by atoms with E-state index < -0.39 is 11.6 Å². The molecule has 37 heavy (non-hydrogen) atoms. The second-order valence-corrected chi connectivity index (χ2v) is 10.9. The summed E-state index contributed by atoms with van der Waals surface area (Å²) in [5.41, 5.74) is -0.215. The number of carbonyl (C=O) groups is 1. The summed E-state index contributed by atoms with van der Waals surface area (Å²) < 4.78 is 45.4. The van der Waals surface area contributed by atoms with Gasteiger partial charge in [-0.2, -0.15) is 4.98 Å². The van der Waals surface area contributed by atoms with E-state index in [2.05, 4.69) is 28.9 Å². The summed E-state index contributed by atoms with van der Waals surface area (Å²) in [6, 6.07) is 2.99. The van der Waals surface area contributed by atoms with E-state index >= 15 is 0 Å². The molecule has 1 aromatic heterocycles. The lowest BCUT2D eigenvalue weighted by molar-refractivity contribution is -0.142. The zero-order chi connectivity index (χ0) is 26.1. The molecule has 0 radical (unpaired) electrons. The van der Waals surface area contributed by atoms with Crippen LogP contribution in [-0.4, -0.2) is 66.9 Å². The number of halogens is 2. The number of aromatic nitrogens is 2. The average Bonchev–Trinajstić information content (AvgIpc) is 3.43. The molecule has 3 fully saturated rings. The van der Waals surface area contributed by atoms with Crippen molar-refractivity contribution in [3.05, 3.63) is 35.2 Å². The normalized spacial score (nSPS) is 22.4. The molecule has 8 nitrogen and oxygen atoms in total. The number of nitrogens with zero attached hydrogens (tertiary/aromatic N) is 4. The Bertz CT molecular complexity index is 1070. The molecule has 10 heteroatoms. The Morgan fingerprint density at radius 1 is 1.19 bits per heavy atom. The van der Waals surface area contributed by atoms with E-state index in [1.807, 2.05) is 0 Å². The standard InChI is InChI=1S/C27H36F2N4O4/c1-16(2)26-30-27(37-31-26)32-7-4-17(5-8-32)21-10-18(21)6-9-36-19-11-23(28)22(24(29)12-19)13-25(34)33-14-20(15-33)35-3/h11-12,16-18,20-21H,4-10,13-15H2,1-3H3. The quantitative estimate of drug-likeness (QED) is 0.467. The van der Waals surface area contributed by atoms with Crippen LogP contribution in [0, 0.1) is 29.4 Å². The molecule has 1 amide bonds. The predicted octanol–water partition coefficient (Wildman–Crippen LogP) is 4.19. The van der Waals surface area contributed by atoms with Gasteiger partial charge in [0, 0.05) is 56.9 Å². The van der Waals surface area contributed by atoms with Gasteiger partial charge < -0.3 is 23.8 Å². The van der Waals surface area contributed by atoms with Crippen molar-refractivity contribution in [1.29, 1.82) is 0 Å². The zero-order valence-corrected chi connectivity index (χ0v) is 21.8. The largest absolute Gasteiger partial charge is 0.493 e. The van der Waals surface area contributed by atoms with Gasteiger partial charge in [0.25, 0.3) is 0 Å². The van der Waals surface area contributed by atoms with E-state index in [1.54, 1.807) is 12.0 Å². The van der Waals surface area contributed by atoms with E-state index in [0.29, 0.717) is 43.5 Å². The third-order valence-electron chi connectivity index (χ3n) is 8.07. The fourth-order valence-corrected chi connectivity index (χ4v) is 5.50. The van der Waals surface area contributed by atoms with Crippen molar-refractivity contribution in [2.75, 3.05) is 44.8 Å². The molecule has 2 aromatic rings. The van der Waals surface area contributed by atoms with Crippen LogP contribution in [0.25, 0.3) is 0 Å². The van der Waals surface area contributed by atoms with Crippen molar-refractivity contribution in [2.45, 2.75) is 58.0 Å². The van der Waals surface area contributed by atoms with Crippen LogP contribution in [0.4, 0.5) is 14.8 Å². The van der Waals surface area contributed by atoms with E-state index in [-0.39, 0.29) is 35.7 Å². The summed E-state index contributed by atoms with van der Waals surface area (Å²) >= 11 is 0. The Hall–Kier alpha value is -2.75. The third kappa shape index (κ3) is 5.89. The molecule has 3 heterocycles. The number of hydrogen-bond donors (Lipinski definition) is 0. The molecule has 2 unspecified atom stereocenters. The number of anilines is 1. The lowest BCUT2D eigenvalue weighted by atomic mass is 9.90. The Kier molecular flexibility index (Phi) is 7.65. The highest BCUT2D eigenvalue weighted by molar-refractivity contribution is 5.79. The Morgan fingerprint density at radius 2 is 1.89 bits per heavy atom. The molecule has 1 aromatic carbocycles. The zero-order valence-electron chi connectivity index (χ0n) is 21.8. The Balaban J connectivity index is 1.03. The molecule has 202 valence electrons. The maximum atomic E-state index is 14.6. The molecule has 2 saturated heterocycles. The van der Waals surface area contributed by atoms with Gasteiger partial charge in [-0.05, 0) is 43.4 Å². The first kappa shape index (κ1) is 25.9. The first-order valence-corrected chi connectivity index (χ1v) is 13.3. The van der Waals surface area contributed by atoms with Gasteiger partial charge in [0.15, 0.2) is 5.82 Å². The number of carbonyl (C=O) groups excluding carboxylic acids is 1. The van der Waals surface area contributed by atoms with E-state index in [4.69, 9.17) is 14.0 Å². The molecular formula is C27H36F2N4O4. The summed E-state index contributed by atoms with van der Waals surface area (Å²) in [6.45, 7) is 7.27. The second kappa shape index (κ2) is 10.9. The van der Waals surface area contributed by atoms with E-state index in [9.17, 15) is 13.6 Å². The Labute approximate surface area is 216 Å². The first-order chi connectivity index (χ1) is 17.8. The number of methoxy groups -OCH3 is 1. The lowest BCUT2D eigenvalue weighted by Crippen LogP contribution is -2.54. The summed E-state index contributed by atoms with van der Waals surface area (Å²) in [6.07, 6.45) is 3.94. The van der Waals surface area contributed by atoms with Crippen molar-refractivity contribution < 1.29 is 27.6 Å². The number of piperidine rings is 1. The maximum absolute atomic E-state index is 14.6. The molecule has 5 rings (SSSR count). The Morgan fingerprint density at radius 3 is 2.51 bits per heavy atom. The summed E-state index contributed by atoms with van der Waals surface area (Å²) in [7, 11) is 1.58. The monoisotopic (exact) mass is 518 g/mol. The van der Waals surface area contributed by atoms with Gasteiger partial charge in [0.2, 0.25) is 5.91 Å². The summed E-state index contributed by atoms with van der Waals surface area (Å²) in [5, 5.41) is 4.06. The number of hydrogen-bond acceptors (Lipinski definition) is 7. The third-order valence-corrected chi connectivity index (χ3v) is 8.07. The molecule has 1 aliphatic carbocycles. The first-order valence-electron chi connectivity index (χ1n) is 13.3. The van der Waals surface area contributed by atoms with Gasteiger partial charge in [-0.1, -0.05) is 19.0 Å². The van der Waals surface area contributed by atoms with Crippen molar-refractivity contribution in [2.24, 2.45) is 17.8 Å². The highest BCUT2D eigenvalue weighted by atomic mass is 19.1. The highest BCUT2D eigenvalue weighted by Crippen LogP contribution is 2.50. The van der Waals surface area contributed by atoms with Gasteiger partial charge in [-0.25, -0.2) is 8.78 Å². The predicted molar refractivity (Wildman–Crippen MR) is 132 cm³/mol. The molecular weight excluding hydrogens is 482 g/mol. The van der Waals surface area contributed by atoms with Gasteiger partial charge in [0.05, 0.1) is 19.1 Å². The van der Waals surface area contributed by atoms with Crippen molar-refractivity contribution in [1.82, 2.24) is 15.0 Å². The maximum Gasteiger partial charge on any atom is 0.324 e. The second-order valence-electron chi connectivity index (χ2n) is 10.9. The molecule has 2 atom stereocenters. The molecule has 1 saturated carbocycles. The highest BCUT2D eigenvalue weighted by Gasteiger charge is 2.43. The number of likely N-dealkylation sites (tertiary alicyclic amines) is 1. The summed E-state index contributed by atoms with van der Waals surface area (Å²) in [5.74, 6) is 1.31. The SMILES string of the molecule is COC1CN(C(=O)Cc2c(F)cc(OCCC3CC3C3CCN(c4nc(C(C)C)no4)CC3)cc2F)C1. The number of ether oxygens (including phenoxy) is 2. The molecule has 3 aliphatic rings.